The highest BCUT2D eigenvalue weighted by molar-refractivity contribution is 4.99. The average molecular weight is 266 g/mol. The maximum Gasteiger partial charge on any atom is 0.0308 e. The van der Waals surface area contributed by atoms with E-state index < -0.39 is 0 Å². The second-order valence-corrected chi connectivity index (χ2v) is 7.18. The molecular weight excluding hydrogens is 232 g/mol. The van der Waals surface area contributed by atoms with Crippen LogP contribution >= 0.6 is 0 Å². The van der Waals surface area contributed by atoms with Gasteiger partial charge in [-0.1, -0.05) is 26.2 Å². The minimum absolute atomic E-state index is 0.327. The average Bonchev–Trinajstić information content (AvgIpc) is 2.95. The summed E-state index contributed by atoms with van der Waals surface area (Å²) in [5, 5.41) is 3.91. The normalized spacial score (nSPS) is 24.8. The lowest BCUT2D eigenvalue weighted by Crippen LogP contribution is -2.60. The number of nitrogens with zero attached hydrogens (tertiary/aromatic N) is 1. The van der Waals surface area contributed by atoms with Crippen molar-refractivity contribution in [3.8, 4) is 0 Å². The van der Waals surface area contributed by atoms with Crippen LogP contribution in [0.25, 0.3) is 0 Å². The second-order valence-electron chi connectivity index (χ2n) is 7.18. The van der Waals surface area contributed by atoms with Gasteiger partial charge in [0, 0.05) is 11.6 Å². The Morgan fingerprint density at radius 2 is 1.68 bits per heavy atom. The van der Waals surface area contributed by atoms with Gasteiger partial charge in [0.25, 0.3) is 0 Å². The van der Waals surface area contributed by atoms with Crippen LogP contribution in [0.15, 0.2) is 0 Å². The first-order valence-corrected chi connectivity index (χ1v) is 8.64. The molecule has 112 valence electrons. The van der Waals surface area contributed by atoms with Crippen LogP contribution in [0.4, 0.5) is 0 Å². The molecule has 2 nitrogen and oxygen atoms in total. The molecule has 19 heavy (non-hydrogen) atoms. The first-order chi connectivity index (χ1) is 9.16. The second kappa shape index (κ2) is 7.08. The highest BCUT2D eigenvalue weighted by atomic mass is 15.2. The summed E-state index contributed by atoms with van der Waals surface area (Å²) in [5.41, 5.74) is 0.327. The van der Waals surface area contributed by atoms with Crippen LogP contribution in [0.1, 0.15) is 72.1 Å². The summed E-state index contributed by atoms with van der Waals surface area (Å²) >= 11 is 0. The zero-order valence-electron chi connectivity index (χ0n) is 13.4. The fraction of sp³-hybridized carbons (Fsp3) is 1.00. The van der Waals surface area contributed by atoms with E-state index in [1.165, 1.54) is 71.0 Å². The van der Waals surface area contributed by atoms with E-state index >= 15 is 0 Å². The molecule has 0 aromatic carbocycles. The summed E-state index contributed by atoms with van der Waals surface area (Å²) in [6.45, 7) is 11.1. The van der Waals surface area contributed by atoms with Gasteiger partial charge in [-0.15, -0.1) is 0 Å². The molecule has 1 atom stereocenters. The highest BCUT2D eigenvalue weighted by Crippen LogP contribution is 2.35. The minimum Gasteiger partial charge on any atom is -0.312 e. The van der Waals surface area contributed by atoms with Gasteiger partial charge >= 0.3 is 0 Å². The smallest absolute Gasteiger partial charge is 0.0308 e. The van der Waals surface area contributed by atoms with Crippen molar-refractivity contribution < 1.29 is 0 Å². The molecule has 1 saturated heterocycles. The Balaban J connectivity index is 2.05. The Morgan fingerprint density at radius 3 is 2.26 bits per heavy atom. The fourth-order valence-electron chi connectivity index (χ4n) is 4.25. The van der Waals surface area contributed by atoms with Gasteiger partial charge in [0.1, 0.15) is 0 Å². The maximum atomic E-state index is 3.91. The van der Waals surface area contributed by atoms with Crippen molar-refractivity contribution >= 4 is 0 Å². The van der Waals surface area contributed by atoms with Crippen LogP contribution < -0.4 is 5.32 Å². The number of likely N-dealkylation sites (tertiary alicyclic amines) is 1. The molecule has 0 spiro atoms. The van der Waals surface area contributed by atoms with Gasteiger partial charge in [0.2, 0.25) is 0 Å². The number of rotatable bonds is 6. The molecule has 2 rings (SSSR count). The molecule has 2 heteroatoms. The van der Waals surface area contributed by atoms with Crippen LogP contribution in [-0.2, 0) is 0 Å². The van der Waals surface area contributed by atoms with Gasteiger partial charge in [-0.25, -0.2) is 0 Å². The van der Waals surface area contributed by atoms with E-state index in [1.54, 1.807) is 0 Å². The summed E-state index contributed by atoms with van der Waals surface area (Å²) in [7, 11) is 0. The summed E-state index contributed by atoms with van der Waals surface area (Å²) in [4.78, 5) is 2.74. The molecular formula is C17H34N2. The van der Waals surface area contributed by atoms with Crippen LogP contribution in [0.5, 0.6) is 0 Å². The van der Waals surface area contributed by atoms with Crippen molar-refractivity contribution in [2.24, 2.45) is 5.92 Å². The summed E-state index contributed by atoms with van der Waals surface area (Å²) in [5.74, 6) is 0.899. The lowest BCUT2D eigenvalue weighted by molar-refractivity contribution is 0.0655. The quantitative estimate of drug-likeness (QED) is 0.786. The SMILES string of the molecule is CCCNC(C1CCCCC1)C(C)(C)N1CCCC1. The first-order valence-electron chi connectivity index (χ1n) is 8.64. The van der Waals surface area contributed by atoms with Crippen molar-refractivity contribution in [2.45, 2.75) is 83.7 Å². The van der Waals surface area contributed by atoms with Gasteiger partial charge < -0.3 is 5.32 Å². The third kappa shape index (κ3) is 3.72. The van der Waals surface area contributed by atoms with Gasteiger partial charge in [-0.05, 0) is 71.5 Å². The molecule has 0 radical (unpaired) electrons. The molecule has 1 heterocycles. The zero-order valence-corrected chi connectivity index (χ0v) is 13.4. The topological polar surface area (TPSA) is 15.3 Å². The Hall–Kier alpha value is -0.0800. The largest absolute Gasteiger partial charge is 0.312 e. The lowest BCUT2D eigenvalue weighted by atomic mass is 9.75. The number of hydrogen-bond acceptors (Lipinski definition) is 2. The molecule has 2 fully saturated rings. The molecule has 1 aliphatic carbocycles. The molecule has 0 aromatic rings. The minimum atomic E-state index is 0.327. The monoisotopic (exact) mass is 266 g/mol. The van der Waals surface area contributed by atoms with Crippen LogP contribution in [0.3, 0.4) is 0 Å². The van der Waals surface area contributed by atoms with E-state index in [1.807, 2.05) is 0 Å². The van der Waals surface area contributed by atoms with Crippen LogP contribution in [0.2, 0.25) is 0 Å². The predicted molar refractivity (Wildman–Crippen MR) is 83.5 cm³/mol. The van der Waals surface area contributed by atoms with Gasteiger partial charge in [0.15, 0.2) is 0 Å². The van der Waals surface area contributed by atoms with Crippen molar-refractivity contribution in [3.63, 3.8) is 0 Å². The van der Waals surface area contributed by atoms with E-state index in [0.29, 0.717) is 11.6 Å². The standard InChI is InChI=1S/C17H34N2/c1-4-12-18-16(15-10-6-5-7-11-15)17(2,3)19-13-8-9-14-19/h15-16,18H,4-14H2,1-3H3. The Kier molecular flexibility index (Phi) is 5.70. The van der Waals surface area contributed by atoms with E-state index in [-0.39, 0.29) is 0 Å². The number of nitrogens with one attached hydrogen (secondary N) is 1. The van der Waals surface area contributed by atoms with Gasteiger partial charge in [0.05, 0.1) is 0 Å². The molecule has 1 saturated carbocycles. The molecule has 1 aliphatic heterocycles. The van der Waals surface area contributed by atoms with E-state index in [2.05, 4.69) is 31.0 Å². The van der Waals surface area contributed by atoms with Crippen molar-refractivity contribution in [3.05, 3.63) is 0 Å². The Labute approximate surface area is 120 Å². The molecule has 0 aromatic heterocycles. The Bertz CT molecular complexity index is 250. The van der Waals surface area contributed by atoms with E-state index in [9.17, 15) is 0 Å². The first kappa shape index (κ1) is 15.3. The van der Waals surface area contributed by atoms with Crippen molar-refractivity contribution in [1.29, 1.82) is 0 Å². The highest BCUT2D eigenvalue weighted by Gasteiger charge is 2.40. The predicted octanol–water partition coefficient (Wildman–Crippen LogP) is 3.81. The molecule has 0 bridgehead atoms. The Morgan fingerprint density at radius 1 is 1.05 bits per heavy atom. The third-order valence-corrected chi connectivity index (χ3v) is 5.42. The number of hydrogen-bond donors (Lipinski definition) is 1. The molecule has 1 N–H and O–H groups in total. The van der Waals surface area contributed by atoms with Gasteiger partial charge in [-0.2, -0.15) is 0 Å². The maximum absolute atomic E-state index is 3.91. The molecule has 0 amide bonds. The summed E-state index contributed by atoms with van der Waals surface area (Å²) in [6, 6.07) is 0.686. The van der Waals surface area contributed by atoms with Crippen molar-refractivity contribution in [2.75, 3.05) is 19.6 Å². The third-order valence-electron chi connectivity index (χ3n) is 5.42. The molecule has 1 unspecified atom stereocenters. The fourth-order valence-corrected chi connectivity index (χ4v) is 4.25. The summed E-state index contributed by atoms with van der Waals surface area (Å²) in [6.07, 6.45) is 11.3. The molecule has 2 aliphatic rings. The lowest BCUT2D eigenvalue weighted by Gasteiger charge is -2.47. The van der Waals surface area contributed by atoms with Crippen LogP contribution in [0, 0.1) is 5.92 Å². The zero-order chi connectivity index (χ0) is 13.7. The van der Waals surface area contributed by atoms with Crippen LogP contribution in [-0.4, -0.2) is 36.1 Å². The van der Waals surface area contributed by atoms with Gasteiger partial charge in [-0.3, -0.25) is 4.90 Å². The van der Waals surface area contributed by atoms with Crippen molar-refractivity contribution in [1.82, 2.24) is 10.2 Å². The van der Waals surface area contributed by atoms with E-state index in [4.69, 9.17) is 0 Å². The summed E-state index contributed by atoms with van der Waals surface area (Å²) < 4.78 is 0. The van der Waals surface area contributed by atoms with E-state index in [0.717, 1.165) is 5.92 Å².